The molecule has 0 aromatic heterocycles. The number of nitrogen functional groups attached to an aromatic ring is 1. The Bertz CT molecular complexity index is 366. The van der Waals surface area contributed by atoms with Crippen LogP contribution in [0.2, 0.25) is 10.0 Å². The van der Waals surface area contributed by atoms with Crippen molar-refractivity contribution in [1.82, 2.24) is 0 Å². The minimum atomic E-state index is -0.367. The molecule has 14 heavy (non-hydrogen) atoms. The summed E-state index contributed by atoms with van der Waals surface area (Å²) in [6.07, 6.45) is 0.0940. The first kappa shape index (κ1) is 11.1. The normalized spacial score (nSPS) is 9.93. The van der Waals surface area contributed by atoms with Gasteiger partial charge in [0.15, 0.2) is 0 Å². The van der Waals surface area contributed by atoms with Crippen molar-refractivity contribution >= 4 is 34.9 Å². The van der Waals surface area contributed by atoms with Crippen molar-refractivity contribution in [3.05, 3.63) is 27.7 Å². The predicted octanol–water partition coefficient (Wildman–Crippen LogP) is 2.29. The van der Waals surface area contributed by atoms with Crippen LogP contribution in [0.3, 0.4) is 0 Å². The van der Waals surface area contributed by atoms with Gasteiger partial charge in [-0.3, -0.25) is 4.79 Å². The first-order valence-corrected chi connectivity index (χ1v) is 4.61. The molecule has 5 heteroatoms. The maximum atomic E-state index is 11.0. The van der Waals surface area contributed by atoms with E-state index in [2.05, 4.69) is 4.74 Å². The second kappa shape index (κ2) is 4.53. The van der Waals surface area contributed by atoms with Gasteiger partial charge < -0.3 is 10.5 Å². The van der Waals surface area contributed by atoms with E-state index < -0.39 is 0 Å². The van der Waals surface area contributed by atoms with Gasteiger partial charge in [-0.25, -0.2) is 0 Å². The van der Waals surface area contributed by atoms with Crippen LogP contribution >= 0.6 is 23.2 Å². The summed E-state index contributed by atoms with van der Waals surface area (Å²) >= 11 is 11.6. The van der Waals surface area contributed by atoms with Gasteiger partial charge in [0.2, 0.25) is 0 Å². The number of esters is 1. The molecule has 0 heterocycles. The van der Waals surface area contributed by atoms with Crippen LogP contribution in [0.1, 0.15) is 5.56 Å². The number of hydrogen-bond acceptors (Lipinski definition) is 3. The lowest BCUT2D eigenvalue weighted by Gasteiger charge is -2.06. The summed E-state index contributed by atoms with van der Waals surface area (Å²) in [4.78, 5) is 11.0. The second-order valence-electron chi connectivity index (χ2n) is 2.69. The molecule has 1 aromatic rings. The lowest BCUT2D eigenvalue weighted by molar-refractivity contribution is -0.139. The van der Waals surface area contributed by atoms with Crippen LogP contribution in [0, 0.1) is 0 Å². The van der Waals surface area contributed by atoms with E-state index in [-0.39, 0.29) is 18.1 Å². The number of carbonyl (C=O) groups excluding carboxylic acids is 1. The smallest absolute Gasteiger partial charge is 0.310 e. The Kier molecular flexibility index (Phi) is 3.61. The molecular weight excluding hydrogens is 225 g/mol. The number of ether oxygens (including phenoxy) is 1. The molecule has 3 nitrogen and oxygen atoms in total. The molecule has 0 aliphatic rings. The summed E-state index contributed by atoms with van der Waals surface area (Å²) in [5, 5.41) is 0.687. The number of halogens is 2. The van der Waals surface area contributed by atoms with Crippen LogP contribution < -0.4 is 5.73 Å². The third-order valence-electron chi connectivity index (χ3n) is 1.77. The zero-order valence-corrected chi connectivity index (χ0v) is 9.02. The maximum absolute atomic E-state index is 11.0. The monoisotopic (exact) mass is 233 g/mol. The zero-order valence-electron chi connectivity index (χ0n) is 7.51. The largest absolute Gasteiger partial charge is 0.469 e. The summed E-state index contributed by atoms with van der Waals surface area (Å²) in [5.74, 6) is -0.367. The number of methoxy groups -OCH3 is 1. The summed E-state index contributed by atoms with van der Waals surface area (Å²) in [6, 6.07) is 3.25. The average molecular weight is 234 g/mol. The molecule has 1 aromatic carbocycles. The van der Waals surface area contributed by atoms with E-state index in [1.807, 2.05) is 0 Å². The molecular formula is C9H9Cl2NO2. The van der Waals surface area contributed by atoms with Gasteiger partial charge in [-0.05, 0) is 11.6 Å². The molecule has 0 spiro atoms. The second-order valence-corrected chi connectivity index (χ2v) is 3.47. The van der Waals surface area contributed by atoms with Crippen LogP contribution in [-0.2, 0) is 16.0 Å². The maximum Gasteiger partial charge on any atom is 0.310 e. The highest BCUT2D eigenvalue weighted by Gasteiger charge is 2.11. The van der Waals surface area contributed by atoms with Crippen molar-refractivity contribution in [2.45, 2.75) is 6.42 Å². The van der Waals surface area contributed by atoms with E-state index >= 15 is 0 Å². The fourth-order valence-corrected chi connectivity index (χ4v) is 1.42. The Labute approximate surface area is 91.7 Å². The summed E-state index contributed by atoms with van der Waals surface area (Å²) in [5.41, 5.74) is 6.48. The van der Waals surface area contributed by atoms with Crippen LogP contribution in [-0.4, -0.2) is 13.1 Å². The van der Waals surface area contributed by atoms with E-state index in [0.29, 0.717) is 15.6 Å². The Morgan fingerprint density at radius 3 is 2.71 bits per heavy atom. The molecule has 1 rings (SSSR count). The van der Waals surface area contributed by atoms with Crippen LogP contribution in [0.4, 0.5) is 5.69 Å². The molecule has 0 saturated heterocycles. The van der Waals surface area contributed by atoms with E-state index in [9.17, 15) is 4.79 Å². The Balaban J connectivity index is 3.00. The summed E-state index contributed by atoms with van der Waals surface area (Å²) in [6.45, 7) is 0. The minimum Gasteiger partial charge on any atom is -0.469 e. The van der Waals surface area contributed by atoms with E-state index in [0.717, 1.165) is 0 Å². The van der Waals surface area contributed by atoms with Gasteiger partial charge >= 0.3 is 5.97 Å². The quantitative estimate of drug-likeness (QED) is 0.630. The predicted molar refractivity (Wildman–Crippen MR) is 56.6 cm³/mol. The van der Waals surface area contributed by atoms with Gasteiger partial charge in [0.1, 0.15) is 0 Å². The molecule has 0 radical (unpaired) electrons. The molecule has 0 aliphatic heterocycles. The minimum absolute atomic E-state index is 0.0940. The van der Waals surface area contributed by atoms with Gasteiger partial charge in [0, 0.05) is 0 Å². The lowest BCUT2D eigenvalue weighted by atomic mass is 10.1. The number of anilines is 1. The fraction of sp³-hybridized carbons (Fsp3) is 0.222. The van der Waals surface area contributed by atoms with Gasteiger partial charge in [-0.2, -0.15) is 0 Å². The SMILES string of the molecule is COC(=O)Cc1ccc(Cl)c(N)c1Cl. The third kappa shape index (κ3) is 2.30. The molecule has 0 saturated carbocycles. The zero-order chi connectivity index (χ0) is 10.7. The van der Waals surface area contributed by atoms with E-state index in [4.69, 9.17) is 28.9 Å². The molecule has 0 unspecified atom stereocenters. The fourth-order valence-electron chi connectivity index (χ4n) is 0.979. The molecule has 0 bridgehead atoms. The number of rotatable bonds is 2. The highest BCUT2D eigenvalue weighted by Crippen LogP contribution is 2.30. The Morgan fingerprint density at radius 2 is 2.14 bits per heavy atom. The van der Waals surface area contributed by atoms with Gasteiger partial charge in [0.25, 0.3) is 0 Å². The van der Waals surface area contributed by atoms with Crippen molar-refractivity contribution < 1.29 is 9.53 Å². The summed E-state index contributed by atoms with van der Waals surface area (Å²) in [7, 11) is 1.31. The number of nitrogens with two attached hydrogens (primary N) is 1. The van der Waals surface area contributed by atoms with Crippen molar-refractivity contribution in [3.63, 3.8) is 0 Å². The highest BCUT2D eigenvalue weighted by atomic mass is 35.5. The number of hydrogen-bond donors (Lipinski definition) is 1. The van der Waals surface area contributed by atoms with Crippen LogP contribution in [0.5, 0.6) is 0 Å². The van der Waals surface area contributed by atoms with Crippen molar-refractivity contribution in [3.8, 4) is 0 Å². The van der Waals surface area contributed by atoms with Crippen LogP contribution in [0.25, 0.3) is 0 Å². The van der Waals surface area contributed by atoms with Crippen molar-refractivity contribution in [2.24, 2.45) is 0 Å². The van der Waals surface area contributed by atoms with Crippen LogP contribution in [0.15, 0.2) is 12.1 Å². The Morgan fingerprint density at radius 1 is 1.50 bits per heavy atom. The molecule has 0 aliphatic carbocycles. The summed E-state index contributed by atoms with van der Waals surface area (Å²) < 4.78 is 4.51. The number of benzene rings is 1. The molecule has 0 fully saturated rings. The molecule has 0 atom stereocenters. The standard InChI is InChI=1S/C9H9Cl2NO2/c1-14-7(13)4-5-2-3-6(10)9(12)8(5)11/h2-3H,4,12H2,1H3. The van der Waals surface area contributed by atoms with Gasteiger partial charge in [-0.15, -0.1) is 0 Å². The average Bonchev–Trinajstić information content (AvgIpc) is 2.19. The van der Waals surface area contributed by atoms with E-state index in [1.54, 1.807) is 12.1 Å². The molecule has 76 valence electrons. The Hall–Kier alpha value is -0.930. The molecule has 0 amide bonds. The topological polar surface area (TPSA) is 52.3 Å². The van der Waals surface area contributed by atoms with Crippen molar-refractivity contribution in [1.29, 1.82) is 0 Å². The van der Waals surface area contributed by atoms with Gasteiger partial charge in [-0.1, -0.05) is 29.3 Å². The van der Waals surface area contributed by atoms with E-state index in [1.165, 1.54) is 7.11 Å². The third-order valence-corrected chi connectivity index (χ3v) is 2.54. The first-order chi connectivity index (χ1) is 6.56. The lowest BCUT2D eigenvalue weighted by Crippen LogP contribution is -2.05. The number of carbonyl (C=O) groups is 1. The van der Waals surface area contributed by atoms with Crippen molar-refractivity contribution in [2.75, 3.05) is 12.8 Å². The highest BCUT2D eigenvalue weighted by molar-refractivity contribution is 6.39. The molecule has 2 N–H and O–H groups in total. The first-order valence-electron chi connectivity index (χ1n) is 3.85. The van der Waals surface area contributed by atoms with Gasteiger partial charge in [0.05, 0.1) is 29.3 Å².